The van der Waals surface area contributed by atoms with E-state index in [2.05, 4.69) is 5.32 Å². The molecule has 3 aromatic rings. The van der Waals surface area contributed by atoms with Gasteiger partial charge in [-0.1, -0.05) is 35.9 Å². The molecule has 0 bridgehead atoms. The predicted octanol–water partition coefficient (Wildman–Crippen LogP) is 4.75. The number of ether oxygens (including phenoxy) is 1. The summed E-state index contributed by atoms with van der Waals surface area (Å²) in [5, 5.41) is 3.46. The van der Waals surface area contributed by atoms with E-state index in [1.165, 1.54) is 0 Å². The van der Waals surface area contributed by atoms with Gasteiger partial charge in [-0.3, -0.25) is 9.00 Å². The molecule has 30 heavy (non-hydrogen) atoms. The van der Waals surface area contributed by atoms with Crippen molar-refractivity contribution in [1.82, 2.24) is 5.32 Å². The van der Waals surface area contributed by atoms with Crippen molar-refractivity contribution in [2.24, 2.45) is 0 Å². The molecule has 0 spiro atoms. The zero-order valence-corrected chi connectivity index (χ0v) is 18.3. The predicted molar refractivity (Wildman–Crippen MR) is 119 cm³/mol. The first-order valence-electron chi connectivity index (χ1n) is 9.71. The van der Waals surface area contributed by atoms with E-state index in [1.807, 2.05) is 43.3 Å². The number of nitrogens with one attached hydrogen (secondary N) is 1. The van der Waals surface area contributed by atoms with Crippen LogP contribution in [-0.4, -0.2) is 23.3 Å². The standard InChI is InChI=1S/C23H24ClNO4S/c1-2-28-20-8-6-17(7-9-20)12-13-25-23(26)22-11-10-21(29-22)16-30(27)15-18-4-3-5-19(24)14-18/h3-11,14H,2,12-13,15-16H2,1H3,(H,25,26). The lowest BCUT2D eigenvalue weighted by Gasteiger charge is -2.06. The van der Waals surface area contributed by atoms with E-state index in [0.717, 1.165) is 16.9 Å². The third-order valence-corrected chi connectivity index (χ3v) is 5.84. The highest BCUT2D eigenvalue weighted by atomic mass is 35.5. The van der Waals surface area contributed by atoms with Crippen LogP contribution in [0.2, 0.25) is 5.02 Å². The van der Waals surface area contributed by atoms with Crippen molar-refractivity contribution in [3.8, 4) is 5.75 Å². The maximum absolute atomic E-state index is 12.4. The summed E-state index contributed by atoms with van der Waals surface area (Å²) in [6.45, 7) is 3.07. The van der Waals surface area contributed by atoms with Crippen LogP contribution in [0.15, 0.2) is 65.1 Å². The van der Waals surface area contributed by atoms with Gasteiger partial charge < -0.3 is 14.5 Å². The Morgan fingerprint density at radius 3 is 2.60 bits per heavy atom. The van der Waals surface area contributed by atoms with Gasteiger partial charge in [0.1, 0.15) is 11.5 Å². The topological polar surface area (TPSA) is 68.5 Å². The summed E-state index contributed by atoms with van der Waals surface area (Å²) in [5.41, 5.74) is 2.01. The Hall–Kier alpha value is -2.57. The molecule has 1 N–H and O–H groups in total. The SMILES string of the molecule is CCOc1ccc(CCNC(=O)c2ccc(CS(=O)Cc3cccc(Cl)c3)o2)cc1. The molecule has 0 radical (unpaired) electrons. The zero-order chi connectivity index (χ0) is 21.3. The largest absolute Gasteiger partial charge is 0.494 e. The number of halogens is 1. The van der Waals surface area contributed by atoms with Gasteiger partial charge in [0.15, 0.2) is 5.76 Å². The molecule has 1 amide bonds. The molecule has 3 rings (SSSR count). The van der Waals surface area contributed by atoms with Crippen LogP contribution in [0.3, 0.4) is 0 Å². The van der Waals surface area contributed by atoms with Crippen LogP contribution in [0.1, 0.15) is 34.4 Å². The van der Waals surface area contributed by atoms with Crippen LogP contribution < -0.4 is 10.1 Å². The Morgan fingerprint density at radius 2 is 1.87 bits per heavy atom. The molecule has 2 aromatic carbocycles. The highest BCUT2D eigenvalue weighted by Crippen LogP contribution is 2.16. The monoisotopic (exact) mass is 445 g/mol. The van der Waals surface area contributed by atoms with Crippen LogP contribution in [0.5, 0.6) is 5.75 Å². The average molecular weight is 446 g/mol. The third kappa shape index (κ3) is 6.75. The van der Waals surface area contributed by atoms with Crippen molar-refractivity contribution in [1.29, 1.82) is 0 Å². The molecule has 1 aromatic heterocycles. The first kappa shape index (κ1) is 22.1. The minimum Gasteiger partial charge on any atom is -0.494 e. The summed E-state index contributed by atoms with van der Waals surface area (Å²) < 4.78 is 23.4. The van der Waals surface area contributed by atoms with Crippen LogP contribution in [0.4, 0.5) is 0 Å². The van der Waals surface area contributed by atoms with Gasteiger partial charge in [-0.25, -0.2) is 0 Å². The second-order valence-corrected chi connectivity index (χ2v) is 8.60. The minimum atomic E-state index is -1.16. The van der Waals surface area contributed by atoms with E-state index in [1.54, 1.807) is 24.3 Å². The third-order valence-electron chi connectivity index (χ3n) is 4.34. The number of furan rings is 1. The Morgan fingerprint density at radius 1 is 1.07 bits per heavy atom. The lowest BCUT2D eigenvalue weighted by atomic mass is 10.1. The normalized spacial score (nSPS) is 11.8. The lowest BCUT2D eigenvalue weighted by molar-refractivity contribution is 0.0925. The smallest absolute Gasteiger partial charge is 0.287 e. The van der Waals surface area contributed by atoms with E-state index in [4.69, 9.17) is 20.8 Å². The summed E-state index contributed by atoms with van der Waals surface area (Å²) in [5.74, 6) is 1.91. The fraction of sp³-hybridized carbons (Fsp3) is 0.261. The number of rotatable bonds is 10. The summed E-state index contributed by atoms with van der Waals surface area (Å²) in [4.78, 5) is 12.3. The summed E-state index contributed by atoms with van der Waals surface area (Å²) in [7, 11) is -1.16. The number of benzene rings is 2. The van der Waals surface area contributed by atoms with Gasteiger partial charge in [0.25, 0.3) is 5.91 Å². The summed E-state index contributed by atoms with van der Waals surface area (Å²) in [6, 6.07) is 18.4. The van der Waals surface area contributed by atoms with Gasteiger partial charge in [0, 0.05) is 28.1 Å². The second kappa shape index (κ2) is 11.0. The first-order chi connectivity index (χ1) is 14.5. The van der Waals surface area contributed by atoms with Crippen molar-refractivity contribution in [3.05, 3.63) is 88.3 Å². The molecular weight excluding hydrogens is 422 g/mol. The van der Waals surface area contributed by atoms with E-state index >= 15 is 0 Å². The molecule has 0 aliphatic rings. The minimum absolute atomic E-state index is 0.219. The van der Waals surface area contributed by atoms with E-state index < -0.39 is 10.8 Å². The Labute approximate surface area is 183 Å². The molecule has 5 nitrogen and oxygen atoms in total. The van der Waals surface area contributed by atoms with Gasteiger partial charge in [-0.2, -0.15) is 0 Å². The van der Waals surface area contributed by atoms with Crippen molar-refractivity contribution >= 4 is 28.3 Å². The molecule has 158 valence electrons. The van der Waals surface area contributed by atoms with Crippen molar-refractivity contribution in [3.63, 3.8) is 0 Å². The second-order valence-electron chi connectivity index (χ2n) is 6.71. The number of hydrogen-bond donors (Lipinski definition) is 1. The van der Waals surface area contributed by atoms with Gasteiger partial charge in [-0.05, 0) is 60.9 Å². The number of amides is 1. The molecule has 0 saturated carbocycles. The maximum Gasteiger partial charge on any atom is 0.287 e. The van der Waals surface area contributed by atoms with Crippen molar-refractivity contribution < 1.29 is 18.2 Å². The molecular formula is C23H24ClNO4S. The van der Waals surface area contributed by atoms with E-state index in [-0.39, 0.29) is 17.4 Å². The summed E-state index contributed by atoms with van der Waals surface area (Å²) in [6.07, 6.45) is 0.704. The molecule has 0 saturated heterocycles. The molecule has 0 fully saturated rings. The Bertz CT molecular complexity index is 1000. The highest BCUT2D eigenvalue weighted by molar-refractivity contribution is 7.83. The molecule has 1 unspecified atom stereocenters. The Kier molecular flexibility index (Phi) is 8.11. The van der Waals surface area contributed by atoms with Crippen molar-refractivity contribution in [2.75, 3.05) is 13.2 Å². The molecule has 0 aliphatic carbocycles. The Balaban J connectivity index is 1.45. The maximum atomic E-state index is 12.4. The number of hydrogen-bond acceptors (Lipinski definition) is 4. The fourth-order valence-electron chi connectivity index (χ4n) is 2.93. The lowest BCUT2D eigenvalue weighted by Crippen LogP contribution is -2.25. The van der Waals surface area contributed by atoms with E-state index in [0.29, 0.717) is 36.1 Å². The fourth-order valence-corrected chi connectivity index (χ4v) is 4.27. The summed E-state index contributed by atoms with van der Waals surface area (Å²) >= 11 is 5.96. The van der Waals surface area contributed by atoms with Gasteiger partial charge in [-0.15, -0.1) is 0 Å². The van der Waals surface area contributed by atoms with Crippen LogP contribution in [-0.2, 0) is 28.7 Å². The van der Waals surface area contributed by atoms with Crippen LogP contribution >= 0.6 is 11.6 Å². The van der Waals surface area contributed by atoms with Gasteiger partial charge in [0.2, 0.25) is 0 Å². The zero-order valence-electron chi connectivity index (χ0n) is 16.7. The van der Waals surface area contributed by atoms with Gasteiger partial charge in [0.05, 0.1) is 12.4 Å². The quantitative estimate of drug-likeness (QED) is 0.488. The van der Waals surface area contributed by atoms with Crippen LogP contribution in [0.25, 0.3) is 0 Å². The van der Waals surface area contributed by atoms with Gasteiger partial charge >= 0.3 is 0 Å². The molecule has 1 heterocycles. The highest BCUT2D eigenvalue weighted by Gasteiger charge is 2.13. The van der Waals surface area contributed by atoms with Crippen LogP contribution in [0, 0.1) is 0 Å². The molecule has 0 aliphatic heterocycles. The van der Waals surface area contributed by atoms with E-state index in [9.17, 15) is 9.00 Å². The number of carbonyl (C=O) groups excluding carboxylic acids is 1. The average Bonchev–Trinajstić information content (AvgIpc) is 3.18. The molecule has 1 atom stereocenters. The van der Waals surface area contributed by atoms with Crippen molar-refractivity contribution in [2.45, 2.75) is 24.9 Å². The molecule has 7 heteroatoms. The number of carbonyl (C=O) groups is 1. The first-order valence-corrected chi connectivity index (χ1v) is 11.6.